The maximum Gasteiger partial charge on any atom is 0.318 e. The van der Waals surface area contributed by atoms with E-state index in [1.807, 2.05) is 24.0 Å². The zero-order valence-corrected chi connectivity index (χ0v) is 23.8. The van der Waals surface area contributed by atoms with Crippen LogP contribution < -0.4 is 14.8 Å². The molecule has 0 atom stereocenters. The van der Waals surface area contributed by atoms with Crippen LogP contribution in [-0.2, 0) is 16.6 Å². The highest BCUT2D eigenvalue weighted by atomic mass is 32.2. The molecule has 1 aliphatic heterocycles. The first kappa shape index (κ1) is 28.8. The number of nitrogens with one attached hydrogen (secondary N) is 2. The lowest BCUT2D eigenvalue weighted by Crippen LogP contribution is -2.52. The molecule has 1 saturated carbocycles. The number of ether oxygens (including phenoxy) is 1. The molecule has 1 aliphatic carbocycles. The van der Waals surface area contributed by atoms with Crippen molar-refractivity contribution in [1.82, 2.24) is 15.1 Å². The molecule has 2 aromatic carbocycles. The number of anilines is 1. The molecule has 2 N–H and O–H groups in total. The van der Waals surface area contributed by atoms with Gasteiger partial charge in [-0.1, -0.05) is 37.3 Å². The summed E-state index contributed by atoms with van der Waals surface area (Å²) in [6.45, 7) is 5.03. The second kappa shape index (κ2) is 13.7. The van der Waals surface area contributed by atoms with E-state index in [0.29, 0.717) is 24.0 Å². The molecule has 4 rings (SSSR count). The number of benzene rings is 2. The third-order valence-corrected chi connectivity index (χ3v) is 7.95. The van der Waals surface area contributed by atoms with Gasteiger partial charge in [-0.05, 0) is 74.6 Å². The van der Waals surface area contributed by atoms with Gasteiger partial charge in [0.25, 0.3) is 0 Å². The van der Waals surface area contributed by atoms with Crippen molar-refractivity contribution in [3.63, 3.8) is 0 Å². The van der Waals surface area contributed by atoms with Crippen LogP contribution in [0.3, 0.4) is 0 Å². The van der Waals surface area contributed by atoms with Crippen LogP contribution in [0.5, 0.6) is 11.5 Å². The lowest BCUT2D eigenvalue weighted by Gasteiger charge is -2.38. The fourth-order valence-electron chi connectivity index (χ4n) is 5.29. The fourth-order valence-corrected chi connectivity index (χ4v) is 5.85. The van der Waals surface area contributed by atoms with E-state index in [2.05, 4.69) is 38.9 Å². The molecule has 1 heterocycles. The molecular weight excluding hydrogens is 512 g/mol. The number of urea groups is 1. The molecule has 0 spiro atoms. The van der Waals surface area contributed by atoms with E-state index in [9.17, 15) is 13.2 Å². The molecule has 2 amide bonds. The van der Waals surface area contributed by atoms with Crippen molar-refractivity contribution < 1.29 is 17.9 Å². The molecule has 0 aromatic heterocycles. The smallest absolute Gasteiger partial charge is 0.318 e. The molecule has 0 unspecified atom stereocenters. The van der Waals surface area contributed by atoms with E-state index in [1.54, 1.807) is 24.3 Å². The van der Waals surface area contributed by atoms with Crippen molar-refractivity contribution in [3.05, 3.63) is 54.1 Å². The highest BCUT2D eigenvalue weighted by Crippen LogP contribution is 2.25. The number of sulfonamides is 1. The van der Waals surface area contributed by atoms with Crippen LogP contribution in [0.15, 0.2) is 48.5 Å². The van der Waals surface area contributed by atoms with Crippen LogP contribution in [0.2, 0.25) is 0 Å². The van der Waals surface area contributed by atoms with Gasteiger partial charge < -0.3 is 15.0 Å². The number of amides is 2. The zero-order chi connectivity index (χ0) is 27.7. The maximum atomic E-state index is 13.1. The van der Waals surface area contributed by atoms with Gasteiger partial charge in [-0.2, -0.15) is 0 Å². The predicted octanol–water partition coefficient (Wildman–Crippen LogP) is 5.18. The third kappa shape index (κ3) is 9.19. The highest BCUT2D eigenvalue weighted by Gasteiger charge is 2.29. The van der Waals surface area contributed by atoms with Crippen LogP contribution >= 0.6 is 0 Å². The van der Waals surface area contributed by atoms with Crippen molar-refractivity contribution in [1.29, 1.82) is 0 Å². The summed E-state index contributed by atoms with van der Waals surface area (Å²) < 4.78 is 31.1. The minimum atomic E-state index is -3.31. The number of likely N-dealkylation sites (tertiary alicyclic amines) is 1. The molecule has 210 valence electrons. The van der Waals surface area contributed by atoms with Crippen molar-refractivity contribution >= 4 is 21.7 Å². The molecule has 9 heteroatoms. The number of carbonyl (C=O) groups excluding carboxylic acids is 1. The number of piperidine rings is 1. The Morgan fingerprint density at radius 2 is 1.59 bits per heavy atom. The van der Waals surface area contributed by atoms with E-state index in [4.69, 9.17) is 4.74 Å². The van der Waals surface area contributed by atoms with Gasteiger partial charge in [0.05, 0.1) is 12.8 Å². The Kier molecular flexibility index (Phi) is 10.1. The Bertz CT molecular complexity index is 1240. The van der Waals surface area contributed by atoms with Gasteiger partial charge in [0.2, 0.25) is 10.0 Å². The van der Waals surface area contributed by atoms with E-state index in [-0.39, 0.29) is 12.1 Å². The largest absolute Gasteiger partial charge is 0.457 e. The van der Waals surface area contributed by atoms with Crippen LogP contribution in [0.4, 0.5) is 10.5 Å². The van der Waals surface area contributed by atoms with Gasteiger partial charge in [-0.15, -0.1) is 5.92 Å². The number of hydrogen-bond acceptors (Lipinski definition) is 5. The first-order valence-corrected chi connectivity index (χ1v) is 15.7. The Morgan fingerprint density at radius 1 is 0.974 bits per heavy atom. The Labute approximate surface area is 233 Å². The number of nitrogens with zero attached hydrogens (tertiary/aromatic N) is 2. The van der Waals surface area contributed by atoms with E-state index in [0.717, 1.165) is 57.3 Å². The summed E-state index contributed by atoms with van der Waals surface area (Å²) in [5, 5.41) is 3.28. The second-order valence-corrected chi connectivity index (χ2v) is 12.2. The van der Waals surface area contributed by atoms with E-state index >= 15 is 0 Å². The molecule has 0 radical (unpaired) electrons. The average molecular weight is 553 g/mol. The summed E-state index contributed by atoms with van der Waals surface area (Å²) in [6, 6.07) is 15.4. The summed E-state index contributed by atoms with van der Waals surface area (Å²) >= 11 is 0. The highest BCUT2D eigenvalue weighted by molar-refractivity contribution is 7.92. The van der Waals surface area contributed by atoms with Crippen molar-refractivity contribution in [2.45, 2.75) is 70.5 Å². The minimum Gasteiger partial charge on any atom is -0.457 e. The van der Waals surface area contributed by atoms with Crippen molar-refractivity contribution in [2.24, 2.45) is 0 Å². The van der Waals surface area contributed by atoms with Crippen molar-refractivity contribution in [2.75, 3.05) is 30.6 Å². The minimum absolute atomic E-state index is 0.0417. The molecule has 2 aliphatic rings. The van der Waals surface area contributed by atoms with Gasteiger partial charge >= 0.3 is 6.03 Å². The zero-order valence-electron chi connectivity index (χ0n) is 23.0. The normalized spacial score (nSPS) is 17.1. The Morgan fingerprint density at radius 3 is 2.18 bits per heavy atom. The summed E-state index contributed by atoms with van der Waals surface area (Å²) in [7, 11) is -3.31. The molecule has 8 nitrogen and oxygen atoms in total. The Hall–Kier alpha value is -3.22. The molecular formula is C30H40N4O4S. The predicted molar refractivity (Wildman–Crippen MR) is 155 cm³/mol. The first-order chi connectivity index (χ1) is 18.8. The first-order valence-electron chi connectivity index (χ1n) is 13.8. The molecule has 39 heavy (non-hydrogen) atoms. The third-order valence-electron chi connectivity index (χ3n) is 7.34. The quantitative estimate of drug-likeness (QED) is 0.418. The number of hydrogen-bond donors (Lipinski definition) is 2. The van der Waals surface area contributed by atoms with Gasteiger partial charge in [-0.25, -0.2) is 13.2 Å². The monoisotopic (exact) mass is 552 g/mol. The van der Waals surface area contributed by atoms with Crippen molar-refractivity contribution in [3.8, 4) is 23.3 Å². The van der Waals surface area contributed by atoms with Crippen LogP contribution in [-0.4, -0.2) is 62.2 Å². The fraction of sp³-hybridized carbons (Fsp3) is 0.500. The molecule has 1 saturated heterocycles. The summed E-state index contributed by atoms with van der Waals surface area (Å²) in [5.41, 5.74) is 1.70. The second-order valence-electron chi connectivity index (χ2n) is 10.5. The summed E-state index contributed by atoms with van der Waals surface area (Å²) in [5.74, 6) is 7.42. The van der Waals surface area contributed by atoms with E-state index in [1.165, 1.54) is 24.8 Å². The van der Waals surface area contributed by atoms with Crippen LogP contribution in [0, 0.1) is 11.8 Å². The SMILES string of the molecule is CC#CCN(C(=O)NC1CCCCC1)C1CCN(Cc2ccc(Oc3ccc(NS(C)(=O)=O)cc3)cc2)CC1. The van der Waals surface area contributed by atoms with Gasteiger partial charge in [0.15, 0.2) is 0 Å². The number of rotatable bonds is 9. The Balaban J connectivity index is 1.26. The lowest BCUT2D eigenvalue weighted by atomic mass is 9.95. The molecule has 2 aromatic rings. The molecule has 0 bridgehead atoms. The van der Waals surface area contributed by atoms with Crippen LogP contribution in [0.25, 0.3) is 0 Å². The standard InChI is InChI=1S/C30H40N4O4S/c1-3-4-20-34(30(35)31-25-8-6-5-7-9-25)27-18-21-33(22-19-27)23-24-10-14-28(15-11-24)38-29-16-12-26(13-17-29)32-39(2,36)37/h10-17,25,27,32H,5-9,18-23H2,1-2H3,(H,31,35). The topological polar surface area (TPSA) is 91.0 Å². The summed E-state index contributed by atoms with van der Waals surface area (Å²) in [6.07, 6.45) is 8.82. The lowest BCUT2D eigenvalue weighted by molar-refractivity contribution is 0.122. The van der Waals surface area contributed by atoms with Gasteiger partial charge in [-0.3, -0.25) is 9.62 Å². The number of carbonyl (C=O) groups is 1. The summed E-state index contributed by atoms with van der Waals surface area (Å²) in [4.78, 5) is 17.5. The van der Waals surface area contributed by atoms with Gasteiger partial charge in [0, 0.05) is 37.4 Å². The van der Waals surface area contributed by atoms with Crippen LogP contribution in [0.1, 0.15) is 57.4 Å². The average Bonchev–Trinajstić information content (AvgIpc) is 2.92. The molecule has 2 fully saturated rings. The van der Waals surface area contributed by atoms with Gasteiger partial charge in [0.1, 0.15) is 11.5 Å². The maximum absolute atomic E-state index is 13.1. The van der Waals surface area contributed by atoms with E-state index < -0.39 is 10.0 Å².